The molecule has 18 heavy (non-hydrogen) atoms. The van der Waals surface area contributed by atoms with E-state index in [9.17, 15) is 14.7 Å². The number of carboxylic acids is 1. The van der Waals surface area contributed by atoms with Crippen molar-refractivity contribution in [1.82, 2.24) is 4.57 Å². The molecular formula is C12H8INO4. The predicted molar refractivity (Wildman–Crippen MR) is 73.4 cm³/mol. The average molecular weight is 357 g/mol. The smallest absolute Gasteiger partial charge is 0.353 e. The van der Waals surface area contributed by atoms with E-state index in [1.807, 2.05) is 0 Å². The van der Waals surface area contributed by atoms with E-state index in [1.54, 1.807) is 24.3 Å². The van der Waals surface area contributed by atoms with Gasteiger partial charge in [0.2, 0.25) is 0 Å². The van der Waals surface area contributed by atoms with Crippen LogP contribution in [0.5, 0.6) is 5.75 Å². The highest BCUT2D eigenvalue weighted by molar-refractivity contribution is 14.1. The van der Waals surface area contributed by atoms with Gasteiger partial charge in [0.15, 0.2) is 0 Å². The van der Waals surface area contributed by atoms with Gasteiger partial charge in [-0.2, -0.15) is 0 Å². The molecule has 0 fully saturated rings. The summed E-state index contributed by atoms with van der Waals surface area (Å²) in [7, 11) is 0. The first-order valence-corrected chi connectivity index (χ1v) is 6.02. The summed E-state index contributed by atoms with van der Waals surface area (Å²) in [5.41, 5.74) is -0.423. The summed E-state index contributed by atoms with van der Waals surface area (Å²) in [6.07, 6.45) is 0. The maximum absolute atomic E-state index is 11.8. The topological polar surface area (TPSA) is 79.5 Å². The molecule has 92 valence electrons. The highest BCUT2D eigenvalue weighted by atomic mass is 127. The predicted octanol–water partition coefficient (Wildman–Crippen LogP) is 1.85. The van der Waals surface area contributed by atoms with Crippen molar-refractivity contribution < 1.29 is 15.0 Å². The molecule has 0 bridgehead atoms. The Balaban J connectivity index is 2.74. The van der Waals surface area contributed by atoms with Crippen LogP contribution in [0.4, 0.5) is 0 Å². The number of carbonyl (C=O) groups is 1. The van der Waals surface area contributed by atoms with Gasteiger partial charge >= 0.3 is 5.97 Å². The van der Waals surface area contributed by atoms with Crippen molar-refractivity contribution >= 4 is 28.6 Å². The first-order chi connectivity index (χ1) is 8.49. The lowest BCUT2D eigenvalue weighted by Gasteiger charge is -2.10. The summed E-state index contributed by atoms with van der Waals surface area (Å²) in [5.74, 6) is -1.64. The van der Waals surface area contributed by atoms with Gasteiger partial charge in [-0.1, -0.05) is 0 Å². The number of rotatable bonds is 2. The molecule has 0 amide bonds. The third-order valence-corrected chi connectivity index (χ3v) is 3.04. The average Bonchev–Trinajstić information content (AvgIpc) is 2.29. The quantitative estimate of drug-likeness (QED) is 0.804. The van der Waals surface area contributed by atoms with E-state index in [2.05, 4.69) is 22.6 Å². The minimum absolute atomic E-state index is 0.277. The van der Waals surface area contributed by atoms with Crippen LogP contribution < -0.4 is 5.56 Å². The first kappa shape index (κ1) is 12.6. The number of hydrogen-bond acceptors (Lipinski definition) is 3. The number of hydrogen-bond donors (Lipinski definition) is 2. The van der Waals surface area contributed by atoms with E-state index in [0.29, 0.717) is 5.69 Å². The zero-order chi connectivity index (χ0) is 13.3. The minimum Gasteiger partial charge on any atom is -0.508 e. The fourth-order valence-corrected chi connectivity index (χ4v) is 1.93. The van der Waals surface area contributed by atoms with Crippen LogP contribution in [-0.2, 0) is 0 Å². The lowest BCUT2D eigenvalue weighted by atomic mass is 10.2. The Morgan fingerprint density at radius 2 is 1.78 bits per heavy atom. The first-order valence-electron chi connectivity index (χ1n) is 4.94. The van der Waals surface area contributed by atoms with Gasteiger partial charge in [0, 0.05) is 21.4 Å². The minimum atomic E-state index is -1.28. The zero-order valence-corrected chi connectivity index (χ0v) is 11.2. The van der Waals surface area contributed by atoms with Crippen LogP contribution in [0.15, 0.2) is 41.2 Å². The van der Waals surface area contributed by atoms with Gasteiger partial charge in [-0.25, -0.2) is 4.79 Å². The van der Waals surface area contributed by atoms with Crippen molar-refractivity contribution in [2.24, 2.45) is 0 Å². The molecule has 0 spiro atoms. The van der Waals surface area contributed by atoms with Crippen molar-refractivity contribution in [2.75, 3.05) is 0 Å². The van der Waals surface area contributed by atoms with Crippen molar-refractivity contribution in [2.45, 2.75) is 0 Å². The summed E-state index contributed by atoms with van der Waals surface area (Å²) >= 11 is 2.11. The number of aromatic carboxylic acids is 1. The molecule has 0 saturated heterocycles. The highest BCUT2D eigenvalue weighted by Gasteiger charge is 2.14. The molecule has 0 atom stereocenters. The van der Waals surface area contributed by atoms with Crippen LogP contribution in [-0.4, -0.2) is 20.7 Å². The van der Waals surface area contributed by atoms with Crippen molar-refractivity contribution in [3.8, 4) is 11.4 Å². The Hall–Kier alpha value is -1.83. The Bertz CT molecular complexity index is 661. The molecule has 1 heterocycles. The van der Waals surface area contributed by atoms with Crippen LogP contribution in [0.2, 0.25) is 0 Å². The van der Waals surface area contributed by atoms with Crippen molar-refractivity contribution in [1.29, 1.82) is 0 Å². The fourth-order valence-electron chi connectivity index (χ4n) is 1.57. The maximum Gasteiger partial charge on any atom is 0.353 e. The van der Waals surface area contributed by atoms with Gasteiger partial charge in [-0.05, 0) is 46.9 Å². The Morgan fingerprint density at radius 1 is 1.17 bits per heavy atom. The van der Waals surface area contributed by atoms with Crippen LogP contribution in [0.3, 0.4) is 0 Å². The van der Waals surface area contributed by atoms with Crippen LogP contribution >= 0.6 is 22.6 Å². The number of halogens is 1. The summed E-state index contributed by atoms with van der Waals surface area (Å²) in [6, 6.07) is 8.84. The standard InChI is InChI=1S/C12H8INO4/c13-7-1-3-8(4-2-7)14-10(12(17)18)5-9(15)6-11(14)16/h1-6,15H,(H,17,18). The molecule has 0 aliphatic rings. The molecule has 0 radical (unpaired) electrons. The second-order valence-corrected chi connectivity index (χ2v) is 4.80. The monoisotopic (exact) mass is 357 g/mol. The fraction of sp³-hybridized carbons (Fsp3) is 0. The zero-order valence-electron chi connectivity index (χ0n) is 9.00. The second-order valence-electron chi connectivity index (χ2n) is 3.55. The van der Waals surface area contributed by atoms with Crippen molar-refractivity contribution in [3.05, 3.63) is 56.0 Å². The third-order valence-electron chi connectivity index (χ3n) is 2.32. The van der Waals surface area contributed by atoms with E-state index < -0.39 is 11.5 Å². The molecular weight excluding hydrogens is 349 g/mol. The molecule has 2 aromatic rings. The Labute approximate surface area is 115 Å². The number of aromatic hydroxyl groups is 1. The van der Waals surface area contributed by atoms with E-state index in [0.717, 1.165) is 20.3 Å². The largest absolute Gasteiger partial charge is 0.508 e. The lowest BCUT2D eigenvalue weighted by Crippen LogP contribution is -2.23. The molecule has 2 rings (SSSR count). The lowest BCUT2D eigenvalue weighted by molar-refractivity contribution is 0.0686. The second kappa shape index (κ2) is 4.81. The third kappa shape index (κ3) is 2.37. The molecule has 0 aliphatic carbocycles. The molecule has 0 unspecified atom stereocenters. The molecule has 0 aliphatic heterocycles. The van der Waals surface area contributed by atoms with Gasteiger partial charge in [-0.15, -0.1) is 0 Å². The van der Waals surface area contributed by atoms with E-state index in [-0.39, 0.29) is 11.4 Å². The normalized spacial score (nSPS) is 10.3. The van der Waals surface area contributed by atoms with E-state index in [4.69, 9.17) is 5.11 Å². The van der Waals surface area contributed by atoms with Gasteiger partial charge in [0.1, 0.15) is 11.4 Å². The summed E-state index contributed by atoms with van der Waals surface area (Å²) in [5, 5.41) is 18.3. The van der Waals surface area contributed by atoms with Crippen LogP contribution in [0.25, 0.3) is 5.69 Å². The van der Waals surface area contributed by atoms with Gasteiger partial charge in [0.25, 0.3) is 5.56 Å². The molecule has 1 aromatic carbocycles. The summed E-state index contributed by atoms with van der Waals surface area (Å²) in [4.78, 5) is 22.9. The molecule has 5 nitrogen and oxygen atoms in total. The Kier molecular flexibility index (Phi) is 3.37. The SMILES string of the molecule is O=C(O)c1cc(O)cc(=O)n1-c1ccc(I)cc1. The number of pyridine rings is 1. The summed E-state index contributed by atoms with van der Waals surface area (Å²) in [6.45, 7) is 0. The molecule has 6 heteroatoms. The number of nitrogens with zero attached hydrogens (tertiary/aromatic N) is 1. The Morgan fingerprint density at radius 3 is 2.33 bits per heavy atom. The number of carboxylic acid groups (broad SMARTS) is 1. The number of benzene rings is 1. The molecule has 0 saturated carbocycles. The van der Waals surface area contributed by atoms with Gasteiger partial charge < -0.3 is 10.2 Å². The maximum atomic E-state index is 11.8. The highest BCUT2D eigenvalue weighted by Crippen LogP contribution is 2.15. The van der Waals surface area contributed by atoms with E-state index in [1.165, 1.54) is 0 Å². The molecule has 2 N–H and O–H groups in total. The summed E-state index contributed by atoms with van der Waals surface area (Å²) < 4.78 is 2.01. The van der Waals surface area contributed by atoms with Gasteiger partial charge in [-0.3, -0.25) is 9.36 Å². The van der Waals surface area contributed by atoms with E-state index >= 15 is 0 Å². The van der Waals surface area contributed by atoms with Crippen LogP contribution in [0, 0.1) is 3.57 Å². The number of aromatic nitrogens is 1. The van der Waals surface area contributed by atoms with Crippen LogP contribution in [0.1, 0.15) is 10.5 Å². The molecule has 1 aromatic heterocycles. The van der Waals surface area contributed by atoms with Gasteiger partial charge in [0.05, 0.1) is 0 Å². The van der Waals surface area contributed by atoms with Crippen molar-refractivity contribution in [3.63, 3.8) is 0 Å².